The summed E-state index contributed by atoms with van der Waals surface area (Å²) in [5.41, 5.74) is 1.52. The quantitative estimate of drug-likeness (QED) is 0.307. The van der Waals surface area contributed by atoms with Gasteiger partial charge in [0.1, 0.15) is 11.9 Å². The topological polar surface area (TPSA) is 94.5 Å². The van der Waals surface area contributed by atoms with Crippen LogP contribution in [0, 0.1) is 5.82 Å². The third-order valence-corrected chi connectivity index (χ3v) is 7.31. The predicted octanol–water partition coefficient (Wildman–Crippen LogP) is 4.76. The molecule has 44 heavy (non-hydrogen) atoms. The monoisotopic (exact) mass is 611 g/mol. The molecule has 5 rings (SSSR count). The second-order valence-corrected chi connectivity index (χ2v) is 10.4. The van der Waals surface area contributed by atoms with Crippen molar-refractivity contribution in [1.29, 1.82) is 0 Å². The Kier molecular flexibility index (Phi) is 8.83. The smallest absolute Gasteiger partial charge is 0.416 e. The molecule has 0 aromatic heterocycles. The minimum absolute atomic E-state index is 0.176. The molecule has 2 fully saturated rings. The lowest BCUT2D eigenvalue weighted by Gasteiger charge is -2.33. The summed E-state index contributed by atoms with van der Waals surface area (Å²) in [5, 5.41) is 8.87. The van der Waals surface area contributed by atoms with Crippen molar-refractivity contribution >= 4 is 29.8 Å². The van der Waals surface area contributed by atoms with Crippen LogP contribution >= 0.6 is 0 Å². The second kappa shape index (κ2) is 12.7. The van der Waals surface area contributed by atoms with E-state index in [0.29, 0.717) is 43.0 Å². The van der Waals surface area contributed by atoms with Gasteiger partial charge >= 0.3 is 12.3 Å². The first-order valence-corrected chi connectivity index (χ1v) is 13.9. The fraction of sp³-hybridized carbons (Fsp3) is 0.290. The van der Waals surface area contributed by atoms with Gasteiger partial charge in [0.2, 0.25) is 5.91 Å². The van der Waals surface area contributed by atoms with Crippen LogP contribution in [-0.4, -0.2) is 79.4 Å². The van der Waals surface area contributed by atoms with Crippen molar-refractivity contribution in [3.8, 4) is 11.1 Å². The molecule has 230 valence electrons. The molecule has 3 aromatic carbocycles. The van der Waals surface area contributed by atoms with E-state index in [0.717, 1.165) is 17.7 Å². The van der Waals surface area contributed by atoms with Crippen LogP contribution in [0.25, 0.3) is 11.1 Å². The molecular weight excluding hydrogens is 582 g/mol. The first-order valence-electron chi connectivity index (χ1n) is 13.9. The van der Waals surface area contributed by atoms with Crippen LogP contribution in [-0.2, 0) is 15.7 Å². The van der Waals surface area contributed by atoms with Gasteiger partial charge in [0, 0.05) is 31.1 Å². The summed E-state index contributed by atoms with van der Waals surface area (Å²) in [6.45, 7) is 3.39. The number of alkyl halides is 3. The van der Waals surface area contributed by atoms with Crippen molar-refractivity contribution in [2.24, 2.45) is 5.10 Å². The van der Waals surface area contributed by atoms with Crippen molar-refractivity contribution < 1.29 is 36.7 Å². The van der Waals surface area contributed by atoms with E-state index in [1.165, 1.54) is 30.0 Å². The number of hydrogen-bond donors (Lipinski definition) is 1. The van der Waals surface area contributed by atoms with Crippen LogP contribution in [0.5, 0.6) is 0 Å². The summed E-state index contributed by atoms with van der Waals surface area (Å²) in [4.78, 5) is 39.0. The first-order chi connectivity index (χ1) is 21.0. The highest BCUT2D eigenvalue weighted by atomic mass is 19.4. The minimum Gasteiger partial charge on any atom is -0.442 e. The molecule has 2 aliphatic heterocycles. The molecule has 13 heteroatoms. The van der Waals surface area contributed by atoms with Gasteiger partial charge in [0.15, 0.2) is 0 Å². The molecule has 0 aliphatic carbocycles. The Hall–Kier alpha value is -4.94. The number of cyclic esters (lactones) is 1. The van der Waals surface area contributed by atoms with Crippen LogP contribution in [0.1, 0.15) is 28.4 Å². The van der Waals surface area contributed by atoms with E-state index in [1.807, 2.05) is 0 Å². The number of anilines is 1. The highest BCUT2D eigenvalue weighted by molar-refractivity contribution is 5.94. The maximum absolute atomic E-state index is 15.1. The summed E-state index contributed by atoms with van der Waals surface area (Å²) in [6.07, 6.45) is -3.93. The molecule has 0 radical (unpaired) electrons. The molecule has 0 saturated carbocycles. The van der Waals surface area contributed by atoms with Crippen LogP contribution in [0.2, 0.25) is 0 Å². The summed E-state index contributed by atoms with van der Waals surface area (Å²) >= 11 is 0. The molecule has 2 aliphatic rings. The number of hydrazone groups is 1. The molecular formula is C31H29F4N5O4. The van der Waals surface area contributed by atoms with E-state index < -0.39 is 29.8 Å². The summed E-state index contributed by atoms with van der Waals surface area (Å²) < 4.78 is 58.7. The average molecular weight is 612 g/mol. The van der Waals surface area contributed by atoms with Gasteiger partial charge in [0.25, 0.3) is 5.91 Å². The van der Waals surface area contributed by atoms with E-state index in [4.69, 9.17) is 4.74 Å². The molecule has 1 atom stereocenters. The van der Waals surface area contributed by atoms with Crippen molar-refractivity contribution in [2.45, 2.75) is 19.2 Å². The van der Waals surface area contributed by atoms with E-state index >= 15 is 4.39 Å². The fourth-order valence-corrected chi connectivity index (χ4v) is 4.90. The number of hydrogen-bond acceptors (Lipinski definition) is 6. The van der Waals surface area contributed by atoms with E-state index in [1.54, 1.807) is 52.5 Å². The number of nitrogens with one attached hydrogen (secondary N) is 1. The number of halogens is 4. The molecule has 9 nitrogen and oxygen atoms in total. The van der Waals surface area contributed by atoms with Gasteiger partial charge in [-0.2, -0.15) is 18.3 Å². The van der Waals surface area contributed by atoms with Crippen LogP contribution < -0.4 is 10.2 Å². The third-order valence-electron chi connectivity index (χ3n) is 7.31. The standard InChI is InChI=1S/C31H29F4N5O4/c1-20(41)36-18-26-19-40(30(43)44-26)25-10-11-27(28(32)16-25)22-4-2-21(3-5-22)17-37-39-14-12-38(13-15-39)29(42)23-6-8-24(9-7-23)31(33,34)35/h2-11,16-17,26H,12-15,18-19H2,1H3,(H,36,41)/b37-17+/t26-/m0/s1. The molecule has 2 saturated heterocycles. The Balaban J connectivity index is 1.14. The van der Waals surface area contributed by atoms with Gasteiger partial charge in [0.05, 0.1) is 43.6 Å². The molecule has 1 N–H and O–H groups in total. The largest absolute Gasteiger partial charge is 0.442 e. The number of rotatable bonds is 7. The van der Waals surface area contributed by atoms with Gasteiger partial charge in [-0.25, -0.2) is 9.18 Å². The lowest BCUT2D eigenvalue weighted by atomic mass is 10.0. The van der Waals surface area contributed by atoms with E-state index in [9.17, 15) is 27.6 Å². The molecule has 2 heterocycles. The molecule has 0 unspecified atom stereocenters. The fourth-order valence-electron chi connectivity index (χ4n) is 4.90. The number of ether oxygens (including phenoxy) is 1. The SMILES string of the molecule is CC(=O)NC[C@H]1CN(c2ccc(-c3ccc(/C=N/N4CCN(C(=O)c5ccc(C(F)(F)F)cc5)CC4)cc3)c(F)c2)C(=O)O1. The number of benzene rings is 3. The zero-order chi connectivity index (χ0) is 31.4. The van der Waals surface area contributed by atoms with Gasteiger partial charge in [-0.05, 0) is 53.6 Å². The van der Waals surface area contributed by atoms with Gasteiger partial charge in [-0.1, -0.05) is 24.3 Å². The summed E-state index contributed by atoms with van der Waals surface area (Å²) in [6, 6.07) is 15.8. The minimum atomic E-state index is -4.46. The average Bonchev–Trinajstić information content (AvgIpc) is 3.39. The summed E-state index contributed by atoms with van der Waals surface area (Å²) in [7, 11) is 0. The first kappa shape index (κ1) is 30.5. The van der Waals surface area contributed by atoms with Crippen LogP contribution in [0.4, 0.5) is 28.0 Å². The Morgan fingerprint density at radius 1 is 1.00 bits per heavy atom. The normalized spacial score (nSPS) is 17.2. The Morgan fingerprint density at radius 3 is 2.30 bits per heavy atom. The molecule has 0 bridgehead atoms. The van der Waals surface area contributed by atoms with Crippen LogP contribution in [0.3, 0.4) is 0 Å². The molecule has 3 amide bonds. The number of carbonyl (C=O) groups excluding carboxylic acids is 3. The Bertz CT molecular complexity index is 1550. The molecule has 0 spiro atoms. The highest BCUT2D eigenvalue weighted by Gasteiger charge is 2.33. The lowest BCUT2D eigenvalue weighted by molar-refractivity contribution is -0.137. The van der Waals surface area contributed by atoms with Crippen molar-refractivity contribution in [3.05, 3.63) is 89.2 Å². The number of nitrogens with zero attached hydrogens (tertiary/aromatic N) is 4. The predicted molar refractivity (Wildman–Crippen MR) is 155 cm³/mol. The van der Waals surface area contributed by atoms with Crippen LogP contribution in [0.15, 0.2) is 71.8 Å². The number of amides is 3. The van der Waals surface area contributed by atoms with Gasteiger partial charge in [-0.3, -0.25) is 19.5 Å². The lowest BCUT2D eigenvalue weighted by Crippen LogP contribution is -2.46. The van der Waals surface area contributed by atoms with E-state index in [2.05, 4.69) is 10.4 Å². The van der Waals surface area contributed by atoms with E-state index in [-0.39, 0.29) is 30.5 Å². The number of piperazine rings is 1. The Morgan fingerprint density at radius 2 is 1.68 bits per heavy atom. The van der Waals surface area contributed by atoms with Crippen molar-refractivity contribution in [2.75, 3.05) is 44.2 Å². The van der Waals surface area contributed by atoms with Gasteiger partial charge < -0.3 is 15.0 Å². The molecule has 3 aromatic rings. The zero-order valence-electron chi connectivity index (χ0n) is 23.7. The van der Waals surface area contributed by atoms with Gasteiger partial charge in [-0.15, -0.1) is 0 Å². The highest BCUT2D eigenvalue weighted by Crippen LogP contribution is 2.30. The van der Waals surface area contributed by atoms with Crippen molar-refractivity contribution in [1.82, 2.24) is 15.2 Å². The maximum Gasteiger partial charge on any atom is 0.416 e. The number of carbonyl (C=O) groups is 3. The maximum atomic E-state index is 15.1. The Labute approximate surface area is 250 Å². The van der Waals surface area contributed by atoms with Crippen molar-refractivity contribution in [3.63, 3.8) is 0 Å². The third kappa shape index (κ3) is 7.16. The second-order valence-electron chi connectivity index (χ2n) is 10.4. The summed E-state index contributed by atoms with van der Waals surface area (Å²) in [5.74, 6) is -1.07. The zero-order valence-corrected chi connectivity index (χ0v) is 23.7.